The van der Waals surface area contributed by atoms with Gasteiger partial charge in [-0.3, -0.25) is 0 Å². The monoisotopic (exact) mass is 392 g/mol. The van der Waals surface area contributed by atoms with Crippen LogP contribution in [0, 0.1) is 0 Å². The molecule has 0 aliphatic rings. The van der Waals surface area contributed by atoms with Crippen LogP contribution >= 0.6 is 12.2 Å². The van der Waals surface area contributed by atoms with Gasteiger partial charge >= 0.3 is 6.18 Å². The highest BCUT2D eigenvalue weighted by molar-refractivity contribution is 7.80. The quantitative estimate of drug-likeness (QED) is 0.594. The van der Waals surface area contributed by atoms with E-state index in [9.17, 15) is 18.3 Å². The molecule has 0 radical (unpaired) electrons. The Morgan fingerprint density at radius 3 is 2.59 bits per heavy atom. The molecule has 0 aliphatic heterocycles. The van der Waals surface area contributed by atoms with Gasteiger partial charge in [0.2, 0.25) is 0 Å². The minimum Gasteiger partial charge on any atom is -0.392 e. The molecule has 0 atom stereocenters. The van der Waals surface area contributed by atoms with E-state index in [4.69, 9.17) is 18.0 Å². The van der Waals surface area contributed by atoms with Crippen molar-refractivity contribution in [1.82, 2.24) is 4.57 Å². The molecule has 27 heavy (non-hydrogen) atoms. The second-order valence-corrected chi connectivity index (χ2v) is 6.85. The Morgan fingerprint density at radius 2 is 1.93 bits per heavy atom. The third-order valence-corrected chi connectivity index (χ3v) is 4.68. The standard InChI is InChI=1S/C20H19F3N2OS/c21-20(22,23)7-2-8-25-11-17(14-3-1-4-15(10-14)19(24)27)16-6-5-13(12-26)9-18(16)25/h1,3-6,9-11,26H,2,7-8,12H2,(H2,24,27). The lowest BCUT2D eigenvalue weighted by molar-refractivity contribution is -0.135. The number of benzene rings is 2. The Kier molecular flexibility index (Phi) is 5.53. The lowest BCUT2D eigenvalue weighted by atomic mass is 10.0. The van der Waals surface area contributed by atoms with Gasteiger partial charge < -0.3 is 15.4 Å². The molecule has 0 fully saturated rings. The van der Waals surface area contributed by atoms with Crippen LogP contribution in [0.25, 0.3) is 22.0 Å². The van der Waals surface area contributed by atoms with Gasteiger partial charge in [0.15, 0.2) is 0 Å². The molecule has 0 amide bonds. The molecule has 1 heterocycles. The summed E-state index contributed by atoms with van der Waals surface area (Å²) in [7, 11) is 0. The van der Waals surface area contributed by atoms with Crippen molar-refractivity contribution in [3.05, 3.63) is 59.8 Å². The van der Waals surface area contributed by atoms with Gasteiger partial charge in [-0.25, -0.2) is 0 Å². The fourth-order valence-electron chi connectivity index (χ4n) is 3.14. The van der Waals surface area contributed by atoms with Crippen LogP contribution in [0.1, 0.15) is 24.0 Å². The molecule has 1 aromatic heterocycles. The molecule has 2 aromatic carbocycles. The van der Waals surface area contributed by atoms with Crippen LogP contribution in [-0.4, -0.2) is 20.8 Å². The fraction of sp³-hybridized carbons (Fsp3) is 0.250. The molecule has 3 nitrogen and oxygen atoms in total. The number of alkyl halides is 3. The van der Waals surface area contributed by atoms with Crippen molar-refractivity contribution in [3.8, 4) is 11.1 Å². The molecule has 3 N–H and O–H groups in total. The maximum atomic E-state index is 12.5. The van der Waals surface area contributed by atoms with Crippen molar-refractivity contribution in [2.75, 3.05) is 0 Å². The highest BCUT2D eigenvalue weighted by Gasteiger charge is 2.26. The SMILES string of the molecule is NC(=S)c1cccc(-c2cn(CCCC(F)(F)F)c3cc(CO)ccc23)c1. The lowest BCUT2D eigenvalue weighted by Gasteiger charge is -2.08. The number of nitrogens with zero attached hydrogens (tertiary/aromatic N) is 1. The Hall–Kier alpha value is -2.38. The van der Waals surface area contributed by atoms with E-state index in [2.05, 4.69) is 0 Å². The summed E-state index contributed by atoms with van der Waals surface area (Å²) in [6, 6.07) is 12.9. The average molecular weight is 392 g/mol. The van der Waals surface area contributed by atoms with Crippen LogP contribution in [0.3, 0.4) is 0 Å². The first-order valence-corrected chi connectivity index (χ1v) is 8.89. The molecule has 0 aliphatic carbocycles. The van der Waals surface area contributed by atoms with E-state index in [-0.39, 0.29) is 24.6 Å². The molecule has 0 bridgehead atoms. The molecule has 0 saturated heterocycles. The van der Waals surface area contributed by atoms with Gasteiger partial charge in [0, 0.05) is 41.2 Å². The van der Waals surface area contributed by atoms with Gasteiger partial charge in [0.05, 0.1) is 6.61 Å². The van der Waals surface area contributed by atoms with Crippen LogP contribution in [0.4, 0.5) is 13.2 Å². The zero-order chi connectivity index (χ0) is 19.6. The smallest absolute Gasteiger partial charge is 0.389 e. The fourth-order valence-corrected chi connectivity index (χ4v) is 3.27. The minimum absolute atomic E-state index is 0.0109. The predicted molar refractivity (Wildman–Crippen MR) is 104 cm³/mol. The van der Waals surface area contributed by atoms with Crippen molar-refractivity contribution in [3.63, 3.8) is 0 Å². The Labute approximate surface area is 160 Å². The van der Waals surface area contributed by atoms with Gasteiger partial charge in [-0.2, -0.15) is 13.2 Å². The molecule has 0 unspecified atom stereocenters. The Morgan fingerprint density at radius 1 is 1.15 bits per heavy atom. The Bertz CT molecular complexity index is 979. The molecule has 142 valence electrons. The number of rotatable bonds is 6. The van der Waals surface area contributed by atoms with Gasteiger partial charge in [-0.15, -0.1) is 0 Å². The molecular weight excluding hydrogens is 373 g/mol. The second kappa shape index (κ2) is 7.70. The number of aliphatic hydroxyl groups excluding tert-OH is 1. The van der Waals surface area contributed by atoms with Crippen molar-refractivity contribution >= 4 is 28.1 Å². The number of thiocarbonyl (C=S) groups is 1. The first-order chi connectivity index (χ1) is 12.8. The van der Waals surface area contributed by atoms with Gasteiger partial charge in [-0.1, -0.05) is 42.5 Å². The minimum atomic E-state index is -4.17. The van der Waals surface area contributed by atoms with Crippen molar-refractivity contribution in [1.29, 1.82) is 0 Å². The van der Waals surface area contributed by atoms with E-state index in [0.717, 1.165) is 27.6 Å². The van der Waals surface area contributed by atoms with Crippen LogP contribution < -0.4 is 5.73 Å². The van der Waals surface area contributed by atoms with Crippen molar-refractivity contribution in [2.24, 2.45) is 5.73 Å². The van der Waals surface area contributed by atoms with E-state index in [0.29, 0.717) is 5.56 Å². The van der Waals surface area contributed by atoms with Gasteiger partial charge in [0.1, 0.15) is 4.99 Å². The molecule has 0 spiro atoms. The van der Waals surface area contributed by atoms with Crippen LogP contribution in [0.15, 0.2) is 48.7 Å². The first kappa shape index (κ1) is 19.4. The normalized spacial score (nSPS) is 11.9. The number of halogens is 3. The van der Waals surface area contributed by atoms with Crippen molar-refractivity contribution in [2.45, 2.75) is 32.2 Å². The van der Waals surface area contributed by atoms with Gasteiger partial charge in [-0.05, 0) is 29.7 Å². The van der Waals surface area contributed by atoms with E-state index in [1.54, 1.807) is 0 Å². The number of hydrogen-bond acceptors (Lipinski definition) is 2. The summed E-state index contributed by atoms with van der Waals surface area (Å²) in [5.41, 5.74) is 9.72. The summed E-state index contributed by atoms with van der Waals surface area (Å²) >= 11 is 5.04. The summed E-state index contributed by atoms with van der Waals surface area (Å²) in [6.45, 7) is 0.107. The maximum absolute atomic E-state index is 12.5. The number of aromatic nitrogens is 1. The van der Waals surface area contributed by atoms with Crippen LogP contribution in [-0.2, 0) is 13.2 Å². The zero-order valence-electron chi connectivity index (χ0n) is 14.5. The topological polar surface area (TPSA) is 51.2 Å². The van der Waals surface area contributed by atoms with Crippen LogP contribution in [0.5, 0.6) is 0 Å². The number of fused-ring (bicyclic) bond motifs is 1. The third-order valence-electron chi connectivity index (χ3n) is 4.45. The largest absolute Gasteiger partial charge is 0.392 e. The van der Waals surface area contributed by atoms with E-state index < -0.39 is 12.6 Å². The molecule has 3 rings (SSSR count). The predicted octanol–water partition coefficient (Wildman–Crippen LogP) is 4.78. The number of nitrogens with two attached hydrogens (primary N) is 1. The van der Waals surface area contributed by atoms with E-state index in [1.165, 1.54) is 0 Å². The summed E-state index contributed by atoms with van der Waals surface area (Å²) in [5, 5.41) is 10.3. The molecule has 0 saturated carbocycles. The summed E-state index contributed by atoms with van der Waals surface area (Å²) in [4.78, 5) is 0.285. The summed E-state index contributed by atoms with van der Waals surface area (Å²) in [5.74, 6) is 0. The Balaban J connectivity index is 2.05. The molecule has 7 heteroatoms. The summed E-state index contributed by atoms with van der Waals surface area (Å²) in [6.07, 6.45) is -3.17. The number of aliphatic hydroxyl groups is 1. The van der Waals surface area contributed by atoms with E-state index in [1.807, 2.05) is 53.2 Å². The second-order valence-electron chi connectivity index (χ2n) is 6.41. The highest BCUT2D eigenvalue weighted by Crippen LogP contribution is 2.33. The number of hydrogen-bond donors (Lipinski definition) is 2. The zero-order valence-corrected chi connectivity index (χ0v) is 15.3. The average Bonchev–Trinajstić information content (AvgIpc) is 2.98. The lowest BCUT2D eigenvalue weighted by Crippen LogP contribution is -2.09. The molecule has 3 aromatic rings. The van der Waals surface area contributed by atoms with Gasteiger partial charge in [0.25, 0.3) is 0 Å². The highest BCUT2D eigenvalue weighted by atomic mass is 32.1. The first-order valence-electron chi connectivity index (χ1n) is 8.48. The van der Waals surface area contributed by atoms with Crippen molar-refractivity contribution < 1.29 is 18.3 Å². The summed E-state index contributed by atoms with van der Waals surface area (Å²) < 4.78 is 39.4. The van der Waals surface area contributed by atoms with Crippen LogP contribution in [0.2, 0.25) is 0 Å². The van der Waals surface area contributed by atoms with E-state index >= 15 is 0 Å². The number of aryl methyl sites for hydroxylation is 1. The molecular formula is C20H19F3N2OS. The third kappa shape index (κ3) is 4.48. The maximum Gasteiger partial charge on any atom is 0.389 e.